The van der Waals surface area contributed by atoms with Crippen molar-refractivity contribution in [1.29, 1.82) is 0 Å². The van der Waals surface area contributed by atoms with Crippen molar-refractivity contribution >= 4 is 30.0 Å². The first-order valence-electron chi connectivity index (χ1n) is 7.67. The van der Waals surface area contributed by atoms with Crippen molar-refractivity contribution in [3.63, 3.8) is 0 Å². The number of thioether (sulfide) groups is 1. The van der Waals surface area contributed by atoms with E-state index in [0.717, 1.165) is 0 Å². The van der Waals surface area contributed by atoms with Crippen LogP contribution in [0.1, 0.15) is 45.0 Å². The fourth-order valence-corrected chi connectivity index (χ4v) is 2.69. The van der Waals surface area contributed by atoms with Gasteiger partial charge in [-0.3, -0.25) is 0 Å². The Bertz CT molecular complexity index is 608. The molecule has 134 valence electrons. The van der Waals surface area contributed by atoms with Crippen molar-refractivity contribution in [3.8, 4) is 0 Å². The summed E-state index contributed by atoms with van der Waals surface area (Å²) < 4.78 is 11.3. The highest BCUT2D eigenvalue weighted by Gasteiger charge is 2.21. The molecule has 0 aromatic carbocycles. The smallest absolute Gasteiger partial charge is 0.407 e. The molecule has 0 saturated heterocycles. The number of aromatic nitrogens is 2. The lowest BCUT2D eigenvalue weighted by Crippen LogP contribution is -2.41. The van der Waals surface area contributed by atoms with Gasteiger partial charge in [0.1, 0.15) is 10.6 Å². The minimum absolute atomic E-state index is 0.267. The molecule has 24 heavy (non-hydrogen) atoms. The molecule has 0 aliphatic heterocycles. The molecule has 0 radical (unpaired) electrons. The number of carbonyl (C=O) groups is 2. The van der Waals surface area contributed by atoms with Gasteiger partial charge in [-0.05, 0) is 26.8 Å². The maximum Gasteiger partial charge on any atom is 0.407 e. The van der Waals surface area contributed by atoms with Crippen LogP contribution in [0.2, 0.25) is 0 Å². The summed E-state index contributed by atoms with van der Waals surface area (Å²) in [5, 5.41) is 7.91. The topological polar surface area (TPSA) is 82.5 Å². The van der Waals surface area contributed by atoms with E-state index in [1.165, 1.54) is 25.1 Å². The van der Waals surface area contributed by atoms with Gasteiger partial charge >= 0.3 is 12.1 Å². The Balaban J connectivity index is 3.08. The molecule has 0 aliphatic rings. The molecule has 0 bridgehead atoms. The van der Waals surface area contributed by atoms with E-state index in [0.29, 0.717) is 17.2 Å². The molecule has 1 aromatic rings. The molecule has 1 aromatic heterocycles. The highest BCUT2D eigenvalue weighted by molar-refractivity contribution is 7.99. The number of methoxy groups -OCH3 is 1. The van der Waals surface area contributed by atoms with Crippen LogP contribution >= 0.6 is 11.8 Å². The van der Waals surface area contributed by atoms with Gasteiger partial charge in [-0.1, -0.05) is 13.8 Å². The second-order valence-electron chi connectivity index (χ2n) is 5.85. The fourth-order valence-electron chi connectivity index (χ4n) is 1.76. The van der Waals surface area contributed by atoms with Crippen LogP contribution in [0.4, 0.5) is 4.79 Å². The molecular weight excluding hydrogens is 330 g/mol. The molecule has 0 saturated carbocycles. The van der Waals surface area contributed by atoms with E-state index >= 15 is 0 Å². The van der Waals surface area contributed by atoms with E-state index in [4.69, 9.17) is 4.74 Å². The largest absolute Gasteiger partial charge is 0.462 e. The third kappa shape index (κ3) is 5.92. The number of alkyl carbamates (subject to hydrolysis) is 1. The van der Waals surface area contributed by atoms with Crippen LogP contribution in [-0.2, 0) is 9.47 Å². The number of rotatable bonds is 7. The fraction of sp³-hybridized carbons (Fsp3) is 0.562. The lowest BCUT2D eigenvalue weighted by atomic mass is 10.1. The minimum atomic E-state index is -0.636. The normalized spacial score (nSPS) is 11.8. The van der Waals surface area contributed by atoms with Gasteiger partial charge in [0.05, 0.1) is 25.5 Å². The van der Waals surface area contributed by atoms with E-state index in [2.05, 4.69) is 15.2 Å². The Morgan fingerprint density at radius 3 is 2.67 bits per heavy atom. The van der Waals surface area contributed by atoms with E-state index < -0.39 is 17.6 Å². The van der Waals surface area contributed by atoms with Gasteiger partial charge in [-0.15, -0.1) is 11.8 Å². The molecule has 1 amide bonds. The molecular formula is C16H25N3O4S. The number of hydrogen-bond donors (Lipinski definition) is 1. The first-order chi connectivity index (χ1) is 11.2. The summed E-state index contributed by atoms with van der Waals surface area (Å²) >= 11 is 1.52. The van der Waals surface area contributed by atoms with Gasteiger partial charge < -0.3 is 14.8 Å². The molecule has 8 heteroatoms. The van der Waals surface area contributed by atoms with E-state index in [-0.39, 0.29) is 5.25 Å². The summed E-state index contributed by atoms with van der Waals surface area (Å²) in [5.74, 6) is -0.396. The van der Waals surface area contributed by atoms with E-state index in [1.807, 2.05) is 27.7 Å². The summed E-state index contributed by atoms with van der Waals surface area (Å²) in [5.41, 5.74) is -0.206. The van der Waals surface area contributed by atoms with Crippen LogP contribution in [0.25, 0.3) is 6.20 Å². The zero-order chi connectivity index (χ0) is 18.3. The molecule has 0 fully saturated rings. The zero-order valence-corrected chi connectivity index (χ0v) is 15.8. The van der Waals surface area contributed by atoms with E-state index in [9.17, 15) is 9.59 Å². The van der Waals surface area contributed by atoms with Crippen LogP contribution in [0.3, 0.4) is 0 Å². The third-order valence-electron chi connectivity index (χ3n) is 2.83. The van der Waals surface area contributed by atoms with Crippen LogP contribution in [0, 0.1) is 0 Å². The van der Waals surface area contributed by atoms with Gasteiger partial charge in [0, 0.05) is 11.4 Å². The molecule has 1 heterocycles. The number of ether oxygens (including phenoxy) is 2. The van der Waals surface area contributed by atoms with Crippen LogP contribution in [-0.4, -0.2) is 46.3 Å². The van der Waals surface area contributed by atoms with Crippen molar-refractivity contribution in [2.24, 2.45) is 0 Å². The summed E-state index contributed by atoms with van der Waals surface area (Å²) in [6, 6.07) is 0. The molecule has 0 spiro atoms. The number of esters is 1. The van der Waals surface area contributed by atoms with Gasteiger partial charge in [0.2, 0.25) is 0 Å². The predicted octanol–water partition coefficient (Wildman–Crippen LogP) is 3.17. The Morgan fingerprint density at radius 2 is 2.12 bits per heavy atom. The molecule has 1 N–H and O–H groups in total. The summed E-state index contributed by atoms with van der Waals surface area (Å²) in [6.45, 7) is 9.78. The van der Waals surface area contributed by atoms with Gasteiger partial charge in [0.25, 0.3) is 0 Å². The quantitative estimate of drug-likeness (QED) is 0.597. The van der Waals surface area contributed by atoms with E-state index in [1.54, 1.807) is 23.9 Å². The Morgan fingerprint density at radius 1 is 1.46 bits per heavy atom. The lowest BCUT2D eigenvalue weighted by Gasteiger charge is -2.21. The monoisotopic (exact) mass is 355 g/mol. The third-order valence-corrected chi connectivity index (χ3v) is 3.94. The Labute approximate surface area is 146 Å². The Hall–Kier alpha value is -1.96. The first-order valence-corrected chi connectivity index (χ1v) is 8.55. The Kier molecular flexibility index (Phi) is 7.34. The van der Waals surface area contributed by atoms with Crippen molar-refractivity contribution < 1.29 is 19.1 Å². The van der Waals surface area contributed by atoms with Crippen molar-refractivity contribution in [2.75, 3.05) is 13.7 Å². The highest BCUT2D eigenvalue weighted by atomic mass is 32.2. The van der Waals surface area contributed by atoms with Crippen LogP contribution < -0.4 is 5.32 Å². The second-order valence-corrected chi connectivity index (χ2v) is 7.41. The minimum Gasteiger partial charge on any atom is -0.462 e. The highest BCUT2D eigenvalue weighted by Crippen LogP contribution is 2.27. The van der Waals surface area contributed by atoms with Crippen molar-refractivity contribution in [2.45, 2.75) is 50.4 Å². The number of nitrogens with zero attached hydrogens (tertiary/aromatic N) is 2. The SMILES string of the molecule is CCOC(=O)c1cnn(C=CC(C)(C)NC(=O)OC)c1SC(C)C. The standard InChI is InChI=1S/C16H25N3O4S/c1-7-23-14(20)12-10-17-19(13(12)24-11(2)3)9-8-16(4,5)18-15(21)22-6/h8-11H,7H2,1-6H3,(H,18,21). The maximum absolute atomic E-state index is 12.1. The van der Waals surface area contributed by atoms with Crippen molar-refractivity contribution in [3.05, 3.63) is 17.8 Å². The first kappa shape index (κ1) is 20.1. The summed E-state index contributed by atoms with van der Waals surface area (Å²) in [6.07, 6.45) is 4.46. The lowest BCUT2D eigenvalue weighted by molar-refractivity contribution is 0.0522. The molecule has 7 nitrogen and oxygen atoms in total. The average molecular weight is 355 g/mol. The second kappa shape index (κ2) is 8.77. The molecule has 0 aliphatic carbocycles. The molecule has 0 atom stereocenters. The number of hydrogen-bond acceptors (Lipinski definition) is 6. The number of carbonyl (C=O) groups excluding carboxylic acids is 2. The van der Waals surface area contributed by atoms with Crippen molar-refractivity contribution in [1.82, 2.24) is 15.1 Å². The zero-order valence-electron chi connectivity index (χ0n) is 15.0. The van der Waals surface area contributed by atoms with Gasteiger partial charge in [-0.25, -0.2) is 14.3 Å². The summed E-state index contributed by atoms with van der Waals surface area (Å²) in [7, 11) is 1.31. The molecule has 0 unspecified atom stereocenters. The summed E-state index contributed by atoms with van der Waals surface area (Å²) in [4.78, 5) is 23.4. The van der Waals surface area contributed by atoms with Gasteiger partial charge in [-0.2, -0.15) is 5.10 Å². The predicted molar refractivity (Wildman–Crippen MR) is 94.1 cm³/mol. The maximum atomic E-state index is 12.1. The van der Waals surface area contributed by atoms with Gasteiger partial charge in [0.15, 0.2) is 0 Å². The average Bonchev–Trinajstić information content (AvgIpc) is 2.87. The van der Waals surface area contributed by atoms with Crippen LogP contribution in [0.5, 0.6) is 0 Å². The number of nitrogens with one attached hydrogen (secondary N) is 1. The number of amides is 1. The van der Waals surface area contributed by atoms with Crippen LogP contribution in [0.15, 0.2) is 17.3 Å². The molecule has 1 rings (SSSR count).